The molecule has 0 radical (unpaired) electrons. The van der Waals surface area contributed by atoms with E-state index in [2.05, 4.69) is 4.74 Å². The third-order valence-corrected chi connectivity index (χ3v) is 1.42. The number of esters is 1. The Morgan fingerprint density at radius 1 is 1.46 bits per heavy atom. The quantitative estimate of drug-likeness (QED) is 0.462. The van der Waals surface area contributed by atoms with Crippen molar-refractivity contribution in [1.29, 1.82) is 0 Å². The van der Waals surface area contributed by atoms with Crippen molar-refractivity contribution < 1.29 is 19.0 Å². The predicted molar refractivity (Wildman–Crippen MR) is 48.2 cm³/mol. The standard InChI is InChI=1S/C9H16O4/c1-4-13-9(10)8(12-3)6-5-7-11-2/h5,7-8H,4,6H2,1-3H3/b7-5+/t8-/m0/s1. The molecule has 13 heavy (non-hydrogen) atoms. The molecule has 0 aliphatic rings. The number of methoxy groups -OCH3 is 2. The Kier molecular flexibility index (Phi) is 7.01. The summed E-state index contributed by atoms with van der Waals surface area (Å²) in [7, 11) is 3.02. The first kappa shape index (κ1) is 12.0. The average Bonchev–Trinajstić information content (AvgIpc) is 2.13. The molecule has 0 unspecified atom stereocenters. The fraction of sp³-hybridized carbons (Fsp3) is 0.667. The van der Waals surface area contributed by atoms with Gasteiger partial charge in [-0.1, -0.05) is 0 Å². The molecule has 0 saturated carbocycles. The van der Waals surface area contributed by atoms with Crippen LogP contribution in [-0.4, -0.2) is 32.9 Å². The number of ether oxygens (including phenoxy) is 3. The monoisotopic (exact) mass is 188 g/mol. The maximum absolute atomic E-state index is 11.1. The zero-order valence-corrected chi connectivity index (χ0v) is 8.28. The van der Waals surface area contributed by atoms with E-state index in [9.17, 15) is 4.79 Å². The first-order valence-electron chi connectivity index (χ1n) is 4.13. The van der Waals surface area contributed by atoms with Gasteiger partial charge in [0.1, 0.15) is 0 Å². The summed E-state index contributed by atoms with van der Waals surface area (Å²) in [6.07, 6.45) is 3.14. The summed E-state index contributed by atoms with van der Waals surface area (Å²) in [5.74, 6) is -0.342. The van der Waals surface area contributed by atoms with Gasteiger partial charge >= 0.3 is 5.97 Å². The molecule has 0 heterocycles. The summed E-state index contributed by atoms with van der Waals surface area (Å²) in [6.45, 7) is 2.13. The Balaban J connectivity index is 3.87. The van der Waals surface area contributed by atoms with Gasteiger partial charge in [-0.3, -0.25) is 0 Å². The molecule has 0 bridgehead atoms. The van der Waals surface area contributed by atoms with Crippen molar-refractivity contribution in [2.24, 2.45) is 0 Å². The third-order valence-electron chi connectivity index (χ3n) is 1.42. The number of hydrogen-bond acceptors (Lipinski definition) is 4. The number of carbonyl (C=O) groups excluding carboxylic acids is 1. The van der Waals surface area contributed by atoms with Crippen LogP contribution < -0.4 is 0 Å². The number of rotatable bonds is 6. The van der Waals surface area contributed by atoms with Gasteiger partial charge in [0.25, 0.3) is 0 Å². The highest BCUT2D eigenvalue weighted by Crippen LogP contribution is 2.01. The molecular weight excluding hydrogens is 172 g/mol. The minimum atomic E-state index is -0.536. The van der Waals surface area contributed by atoms with Crippen LogP contribution >= 0.6 is 0 Å². The van der Waals surface area contributed by atoms with Gasteiger partial charge in [0.15, 0.2) is 6.10 Å². The van der Waals surface area contributed by atoms with Crippen molar-refractivity contribution in [3.8, 4) is 0 Å². The summed E-state index contributed by atoms with van der Waals surface area (Å²) in [5.41, 5.74) is 0. The molecule has 0 saturated heterocycles. The lowest BCUT2D eigenvalue weighted by molar-refractivity contribution is -0.154. The van der Waals surface area contributed by atoms with E-state index in [0.717, 1.165) is 0 Å². The van der Waals surface area contributed by atoms with E-state index in [0.29, 0.717) is 13.0 Å². The molecule has 0 aromatic carbocycles. The SMILES string of the molecule is CCOC(=O)[C@H](C/C=C/OC)OC. The number of carbonyl (C=O) groups is 1. The van der Waals surface area contributed by atoms with E-state index in [1.807, 2.05) is 0 Å². The van der Waals surface area contributed by atoms with Crippen LogP contribution in [-0.2, 0) is 19.0 Å². The van der Waals surface area contributed by atoms with Gasteiger partial charge in [-0.2, -0.15) is 0 Å². The van der Waals surface area contributed by atoms with E-state index in [1.54, 1.807) is 20.1 Å². The Morgan fingerprint density at radius 2 is 2.15 bits per heavy atom. The van der Waals surface area contributed by atoms with Crippen LogP contribution in [0.4, 0.5) is 0 Å². The van der Waals surface area contributed by atoms with Crippen LogP contribution in [0.1, 0.15) is 13.3 Å². The topological polar surface area (TPSA) is 44.8 Å². The van der Waals surface area contributed by atoms with E-state index < -0.39 is 6.10 Å². The molecule has 0 N–H and O–H groups in total. The predicted octanol–water partition coefficient (Wildman–Crippen LogP) is 1.11. The van der Waals surface area contributed by atoms with Crippen molar-refractivity contribution in [2.45, 2.75) is 19.4 Å². The summed E-state index contributed by atoms with van der Waals surface area (Å²) >= 11 is 0. The lowest BCUT2D eigenvalue weighted by Gasteiger charge is -2.10. The van der Waals surface area contributed by atoms with Gasteiger partial charge in [-0.25, -0.2) is 4.79 Å². The summed E-state index contributed by atoms with van der Waals surface area (Å²) < 4.78 is 14.4. The van der Waals surface area contributed by atoms with E-state index in [-0.39, 0.29) is 5.97 Å². The first-order chi connectivity index (χ1) is 6.26. The Morgan fingerprint density at radius 3 is 2.62 bits per heavy atom. The fourth-order valence-electron chi connectivity index (χ4n) is 0.799. The second-order valence-electron chi connectivity index (χ2n) is 2.32. The summed E-state index contributed by atoms with van der Waals surface area (Å²) in [4.78, 5) is 11.1. The molecule has 0 aliphatic heterocycles. The van der Waals surface area contributed by atoms with E-state index >= 15 is 0 Å². The minimum Gasteiger partial charge on any atom is -0.505 e. The maximum atomic E-state index is 11.1. The molecule has 4 nitrogen and oxygen atoms in total. The lowest BCUT2D eigenvalue weighted by Crippen LogP contribution is -2.24. The first-order valence-corrected chi connectivity index (χ1v) is 4.13. The second kappa shape index (κ2) is 7.61. The smallest absolute Gasteiger partial charge is 0.335 e. The van der Waals surface area contributed by atoms with Crippen molar-refractivity contribution >= 4 is 5.97 Å². The van der Waals surface area contributed by atoms with Crippen LogP contribution in [0.3, 0.4) is 0 Å². The van der Waals surface area contributed by atoms with Gasteiger partial charge < -0.3 is 14.2 Å². The van der Waals surface area contributed by atoms with Gasteiger partial charge in [0.05, 0.1) is 20.0 Å². The highest BCUT2D eigenvalue weighted by molar-refractivity contribution is 5.74. The van der Waals surface area contributed by atoms with Crippen LogP contribution in [0.5, 0.6) is 0 Å². The van der Waals surface area contributed by atoms with Crippen molar-refractivity contribution in [3.05, 3.63) is 12.3 Å². The van der Waals surface area contributed by atoms with Gasteiger partial charge in [0, 0.05) is 13.5 Å². The summed E-state index contributed by atoms with van der Waals surface area (Å²) in [6, 6.07) is 0. The highest BCUT2D eigenvalue weighted by atomic mass is 16.6. The molecule has 76 valence electrons. The van der Waals surface area contributed by atoms with Crippen LogP contribution in [0.25, 0.3) is 0 Å². The normalized spacial score (nSPS) is 12.8. The van der Waals surface area contributed by atoms with E-state index in [4.69, 9.17) is 9.47 Å². The number of hydrogen-bond donors (Lipinski definition) is 0. The Hall–Kier alpha value is -1.03. The molecule has 0 aromatic rings. The highest BCUT2D eigenvalue weighted by Gasteiger charge is 2.16. The molecular formula is C9H16O4. The Labute approximate surface area is 78.5 Å². The van der Waals surface area contributed by atoms with Crippen molar-refractivity contribution in [3.63, 3.8) is 0 Å². The molecule has 4 heteroatoms. The van der Waals surface area contributed by atoms with Crippen LogP contribution in [0.15, 0.2) is 12.3 Å². The van der Waals surface area contributed by atoms with Crippen molar-refractivity contribution in [1.82, 2.24) is 0 Å². The third kappa shape index (κ3) is 5.25. The van der Waals surface area contributed by atoms with Crippen LogP contribution in [0.2, 0.25) is 0 Å². The maximum Gasteiger partial charge on any atom is 0.335 e. The molecule has 0 spiro atoms. The van der Waals surface area contributed by atoms with Crippen molar-refractivity contribution in [2.75, 3.05) is 20.8 Å². The molecule has 0 rings (SSSR count). The zero-order valence-electron chi connectivity index (χ0n) is 8.28. The average molecular weight is 188 g/mol. The van der Waals surface area contributed by atoms with Gasteiger partial charge in [-0.05, 0) is 13.0 Å². The van der Waals surface area contributed by atoms with Gasteiger partial charge in [0.2, 0.25) is 0 Å². The Bertz CT molecular complexity index is 165. The molecule has 0 aromatic heterocycles. The van der Waals surface area contributed by atoms with Crippen LogP contribution in [0, 0.1) is 0 Å². The lowest BCUT2D eigenvalue weighted by atomic mass is 10.2. The molecule has 0 aliphatic carbocycles. The largest absolute Gasteiger partial charge is 0.505 e. The fourth-order valence-corrected chi connectivity index (χ4v) is 0.799. The second-order valence-corrected chi connectivity index (χ2v) is 2.32. The molecule has 1 atom stereocenters. The minimum absolute atomic E-state index is 0.342. The van der Waals surface area contributed by atoms with Gasteiger partial charge in [-0.15, -0.1) is 0 Å². The summed E-state index contributed by atoms with van der Waals surface area (Å²) in [5, 5.41) is 0. The van der Waals surface area contributed by atoms with E-state index in [1.165, 1.54) is 13.4 Å². The molecule has 0 amide bonds. The molecule has 0 fully saturated rings. The zero-order chi connectivity index (χ0) is 10.1.